The molecule has 0 aromatic rings. The summed E-state index contributed by atoms with van der Waals surface area (Å²) in [5.74, 6) is 0. The lowest BCUT2D eigenvalue weighted by Gasteiger charge is -2.11. The minimum absolute atomic E-state index is 0.346. The van der Waals surface area contributed by atoms with Crippen LogP contribution >= 0.6 is 0 Å². The van der Waals surface area contributed by atoms with Gasteiger partial charge in [0.2, 0.25) is 0 Å². The highest BCUT2D eigenvalue weighted by Gasteiger charge is 2.01. The molecule has 110 valence electrons. The van der Waals surface area contributed by atoms with Gasteiger partial charge in [0.05, 0.1) is 6.10 Å². The molecule has 0 aromatic carbocycles. The Morgan fingerprint density at radius 2 is 1.28 bits per heavy atom. The van der Waals surface area contributed by atoms with E-state index in [0.717, 1.165) is 0 Å². The summed E-state index contributed by atoms with van der Waals surface area (Å²) in [5, 5.41) is 0. The second kappa shape index (κ2) is 15.0. The summed E-state index contributed by atoms with van der Waals surface area (Å²) >= 11 is 0. The Hall–Kier alpha value is -0.0800. The maximum absolute atomic E-state index is 5.45. The Morgan fingerprint density at radius 3 is 1.78 bits per heavy atom. The first-order valence-corrected chi connectivity index (χ1v) is 7.91. The van der Waals surface area contributed by atoms with Crippen LogP contribution in [0.5, 0.6) is 0 Å². The van der Waals surface area contributed by atoms with E-state index in [1.807, 2.05) is 0 Å². The second-order valence-electron chi connectivity index (χ2n) is 5.35. The topological polar surface area (TPSA) is 18.5 Å². The van der Waals surface area contributed by atoms with E-state index in [-0.39, 0.29) is 0 Å². The van der Waals surface area contributed by atoms with Crippen molar-refractivity contribution in [2.75, 3.05) is 13.9 Å². The highest BCUT2D eigenvalue weighted by Crippen LogP contribution is 2.12. The van der Waals surface area contributed by atoms with Crippen LogP contribution in [0.4, 0.5) is 0 Å². The molecule has 18 heavy (non-hydrogen) atoms. The number of ether oxygens (including phenoxy) is 2. The number of methoxy groups -OCH3 is 1. The molecule has 0 N–H and O–H groups in total. The molecule has 0 saturated heterocycles. The van der Waals surface area contributed by atoms with Crippen LogP contribution in [0.3, 0.4) is 0 Å². The molecule has 0 aliphatic carbocycles. The molecule has 0 amide bonds. The Kier molecular flexibility index (Phi) is 14.9. The quantitative estimate of drug-likeness (QED) is 0.311. The van der Waals surface area contributed by atoms with Crippen molar-refractivity contribution in [1.82, 2.24) is 0 Å². The third-order valence-electron chi connectivity index (χ3n) is 3.43. The van der Waals surface area contributed by atoms with Crippen LogP contribution < -0.4 is 0 Å². The molecule has 1 unspecified atom stereocenters. The van der Waals surface area contributed by atoms with Gasteiger partial charge >= 0.3 is 0 Å². The summed E-state index contributed by atoms with van der Waals surface area (Å²) in [6.07, 6.45) is 15.5. The van der Waals surface area contributed by atoms with Crippen LogP contribution in [0, 0.1) is 0 Å². The summed E-state index contributed by atoms with van der Waals surface area (Å²) in [4.78, 5) is 0. The molecule has 0 aliphatic heterocycles. The standard InChI is InChI=1S/C16H34O2/c1-4-5-6-7-8-9-10-11-12-13-14-16(2)18-15-17-3/h16H,4-15H2,1-3H3. The molecular weight excluding hydrogens is 224 g/mol. The summed E-state index contributed by atoms with van der Waals surface area (Å²) in [6.45, 7) is 4.84. The molecule has 0 spiro atoms. The van der Waals surface area contributed by atoms with E-state index < -0.39 is 0 Å². The van der Waals surface area contributed by atoms with Gasteiger partial charge in [-0.2, -0.15) is 0 Å². The molecule has 0 aliphatic rings. The predicted octanol–water partition coefficient (Wildman–Crippen LogP) is 5.31. The van der Waals surface area contributed by atoms with Gasteiger partial charge in [-0.25, -0.2) is 0 Å². The summed E-state index contributed by atoms with van der Waals surface area (Å²) in [7, 11) is 1.67. The van der Waals surface area contributed by atoms with Gasteiger partial charge in [0, 0.05) is 7.11 Å². The summed E-state index contributed by atoms with van der Waals surface area (Å²) in [5.41, 5.74) is 0. The smallest absolute Gasteiger partial charge is 0.146 e. The Bertz CT molecular complexity index is 148. The number of hydrogen-bond donors (Lipinski definition) is 0. The lowest BCUT2D eigenvalue weighted by atomic mass is 10.1. The van der Waals surface area contributed by atoms with Crippen molar-refractivity contribution in [2.24, 2.45) is 0 Å². The fourth-order valence-electron chi connectivity index (χ4n) is 2.19. The highest BCUT2D eigenvalue weighted by atomic mass is 16.7. The Morgan fingerprint density at radius 1 is 0.778 bits per heavy atom. The van der Waals surface area contributed by atoms with Gasteiger partial charge < -0.3 is 9.47 Å². The van der Waals surface area contributed by atoms with E-state index in [4.69, 9.17) is 9.47 Å². The lowest BCUT2D eigenvalue weighted by molar-refractivity contribution is -0.0679. The van der Waals surface area contributed by atoms with Crippen LogP contribution in [-0.2, 0) is 9.47 Å². The van der Waals surface area contributed by atoms with Crippen molar-refractivity contribution in [1.29, 1.82) is 0 Å². The van der Waals surface area contributed by atoms with Gasteiger partial charge in [-0.05, 0) is 13.3 Å². The van der Waals surface area contributed by atoms with Gasteiger partial charge in [-0.15, -0.1) is 0 Å². The minimum atomic E-state index is 0.346. The van der Waals surface area contributed by atoms with E-state index in [0.29, 0.717) is 12.9 Å². The zero-order valence-electron chi connectivity index (χ0n) is 12.9. The van der Waals surface area contributed by atoms with Crippen molar-refractivity contribution in [3.05, 3.63) is 0 Å². The molecule has 2 heteroatoms. The maximum Gasteiger partial charge on any atom is 0.146 e. The zero-order valence-corrected chi connectivity index (χ0v) is 12.9. The Labute approximate surface area is 114 Å². The first-order chi connectivity index (χ1) is 8.81. The molecular formula is C16H34O2. The average molecular weight is 258 g/mol. The molecule has 0 rings (SSSR count). The third kappa shape index (κ3) is 14.0. The largest absolute Gasteiger partial charge is 0.359 e. The van der Waals surface area contributed by atoms with Gasteiger partial charge in [-0.1, -0.05) is 71.1 Å². The summed E-state index contributed by atoms with van der Waals surface area (Å²) in [6, 6.07) is 0. The van der Waals surface area contributed by atoms with Crippen LogP contribution in [0.15, 0.2) is 0 Å². The van der Waals surface area contributed by atoms with Crippen LogP contribution in [0.25, 0.3) is 0 Å². The summed E-state index contributed by atoms with van der Waals surface area (Å²) < 4.78 is 10.3. The normalized spacial score (nSPS) is 12.8. The van der Waals surface area contributed by atoms with E-state index in [9.17, 15) is 0 Å². The monoisotopic (exact) mass is 258 g/mol. The molecule has 2 nitrogen and oxygen atoms in total. The van der Waals surface area contributed by atoms with Crippen molar-refractivity contribution in [3.8, 4) is 0 Å². The molecule has 0 heterocycles. The van der Waals surface area contributed by atoms with E-state index in [2.05, 4.69) is 13.8 Å². The number of hydrogen-bond acceptors (Lipinski definition) is 2. The second-order valence-corrected chi connectivity index (χ2v) is 5.35. The SMILES string of the molecule is CCCCCCCCCCCCC(C)OCOC. The van der Waals surface area contributed by atoms with Gasteiger partial charge in [0.1, 0.15) is 6.79 Å². The van der Waals surface area contributed by atoms with Crippen molar-refractivity contribution < 1.29 is 9.47 Å². The molecule has 1 atom stereocenters. The molecule has 0 fully saturated rings. The highest BCUT2D eigenvalue weighted by molar-refractivity contribution is 4.52. The number of unbranched alkanes of at least 4 members (excludes halogenated alkanes) is 9. The fourth-order valence-corrected chi connectivity index (χ4v) is 2.19. The molecule has 0 saturated carbocycles. The van der Waals surface area contributed by atoms with E-state index in [1.165, 1.54) is 70.6 Å². The average Bonchev–Trinajstić information content (AvgIpc) is 2.38. The van der Waals surface area contributed by atoms with E-state index in [1.54, 1.807) is 7.11 Å². The third-order valence-corrected chi connectivity index (χ3v) is 3.43. The zero-order chi connectivity index (χ0) is 13.5. The van der Waals surface area contributed by atoms with Crippen LogP contribution in [0.2, 0.25) is 0 Å². The minimum Gasteiger partial charge on any atom is -0.359 e. The van der Waals surface area contributed by atoms with E-state index >= 15 is 0 Å². The molecule has 0 aromatic heterocycles. The Balaban J connectivity index is 3.02. The number of rotatable bonds is 14. The molecule has 0 radical (unpaired) electrons. The van der Waals surface area contributed by atoms with Crippen molar-refractivity contribution in [2.45, 2.75) is 90.6 Å². The van der Waals surface area contributed by atoms with Crippen molar-refractivity contribution in [3.63, 3.8) is 0 Å². The van der Waals surface area contributed by atoms with Gasteiger partial charge in [0.25, 0.3) is 0 Å². The lowest BCUT2D eigenvalue weighted by Crippen LogP contribution is -2.09. The fraction of sp³-hybridized carbons (Fsp3) is 1.00. The molecule has 0 bridgehead atoms. The van der Waals surface area contributed by atoms with Crippen LogP contribution in [0.1, 0.15) is 84.5 Å². The van der Waals surface area contributed by atoms with Gasteiger partial charge in [0.15, 0.2) is 0 Å². The predicted molar refractivity (Wildman–Crippen MR) is 78.9 cm³/mol. The van der Waals surface area contributed by atoms with Gasteiger partial charge in [-0.3, -0.25) is 0 Å². The van der Waals surface area contributed by atoms with Crippen molar-refractivity contribution >= 4 is 0 Å². The first kappa shape index (κ1) is 17.9. The first-order valence-electron chi connectivity index (χ1n) is 7.91. The van der Waals surface area contributed by atoms with Crippen LogP contribution in [-0.4, -0.2) is 20.0 Å². The maximum atomic E-state index is 5.45.